The summed E-state index contributed by atoms with van der Waals surface area (Å²) >= 11 is 3.50. The van der Waals surface area contributed by atoms with Gasteiger partial charge < -0.3 is 15.4 Å². The summed E-state index contributed by atoms with van der Waals surface area (Å²) in [5.41, 5.74) is 0.877. The van der Waals surface area contributed by atoms with Crippen LogP contribution >= 0.6 is 15.9 Å². The molecule has 1 aromatic carbocycles. The first kappa shape index (κ1) is 18.0. The van der Waals surface area contributed by atoms with Gasteiger partial charge in [0.25, 0.3) is 5.91 Å². The highest BCUT2D eigenvalue weighted by Crippen LogP contribution is 2.23. The number of hydrogen-bond acceptors (Lipinski definition) is 3. The fourth-order valence-electron chi connectivity index (χ4n) is 1.73. The fraction of sp³-hybridized carbons (Fsp3) is 0.562. The van der Waals surface area contributed by atoms with E-state index in [9.17, 15) is 4.79 Å². The zero-order valence-electron chi connectivity index (χ0n) is 13.4. The first-order chi connectivity index (χ1) is 9.79. The number of hydrogen-bond donors (Lipinski definition) is 2. The van der Waals surface area contributed by atoms with Gasteiger partial charge in [0.15, 0.2) is 6.10 Å². The van der Waals surface area contributed by atoms with Gasteiger partial charge in [-0.25, -0.2) is 0 Å². The van der Waals surface area contributed by atoms with E-state index in [2.05, 4.69) is 26.6 Å². The maximum atomic E-state index is 12.1. The van der Waals surface area contributed by atoms with Crippen LogP contribution in [0.25, 0.3) is 0 Å². The van der Waals surface area contributed by atoms with Gasteiger partial charge in [-0.1, -0.05) is 22.9 Å². The van der Waals surface area contributed by atoms with Crippen LogP contribution in [0.4, 0.5) is 0 Å². The van der Waals surface area contributed by atoms with Gasteiger partial charge in [-0.2, -0.15) is 0 Å². The smallest absolute Gasteiger partial charge is 0.261 e. The molecule has 0 aliphatic heterocycles. The van der Waals surface area contributed by atoms with Crippen LogP contribution in [-0.4, -0.2) is 24.6 Å². The maximum absolute atomic E-state index is 12.1. The van der Waals surface area contributed by atoms with Crippen LogP contribution in [0.15, 0.2) is 22.7 Å². The van der Waals surface area contributed by atoms with Crippen molar-refractivity contribution < 1.29 is 9.53 Å². The van der Waals surface area contributed by atoms with E-state index in [1.807, 2.05) is 46.0 Å². The van der Waals surface area contributed by atoms with Crippen LogP contribution in [-0.2, 0) is 11.3 Å². The van der Waals surface area contributed by atoms with Gasteiger partial charge in [-0.3, -0.25) is 4.79 Å². The zero-order chi connectivity index (χ0) is 16.0. The van der Waals surface area contributed by atoms with Crippen molar-refractivity contribution >= 4 is 21.8 Å². The fourth-order valence-corrected chi connectivity index (χ4v) is 2.12. The molecule has 0 aliphatic carbocycles. The molecule has 0 saturated heterocycles. The average Bonchev–Trinajstić information content (AvgIpc) is 2.42. The minimum Gasteiger partial charge on any atom is -0.481 e. The van der Waals surface area contributed by atoms with Crippen molar-refractivity contribution in [2.24, 2.45) is 0 Å². The lowest BCUT2D eigenvalue weighted by Gasteiger charge is -2.26. The van der Waals surface area contributed by atoms with Gasteiger partial charge in [0.05, 0.1) is 0 Å². The third kappa shape index (κ3) is 5.67. The summed E-state index contributed by atoms with van der Waals surface area (Å²) in [5, 5.41) is 6.09. The summed E-state index contributed by atoms with van der Waals surface area (Å²) < 4.78 is 6.77. The molecule has 0 heterocycles. The second-order valence-electron chi connectivity index (χ2n) is 5.77. The molecule has 0 radical (unpaired) electrons. The Bertz CT molecular complexity index is 489. The molecule has 1 rings (SSSR count). The molecule has 0 spiro atoms. The Labute approximate surface area is 135 Å². The zero-order valence-corrected chi connectivity index (χ0v) is 15.0. The van der Waals surface area contributed by atoms with Crippen LogP contribution in [0.2, 0.25) is 0 Å². The Kier molecular flexibility index (Phi) is 6.68. The van der Waals surface area contributed by atoms with E-state index >= 15 is 0 Å². The Morgan fingerprint density at radius 2 is 2.10 bits per heavy atom. The number of ether oxygens (including phenoxy) is 1. The second kappa shape index (κ2) is 7.80. The first-order valence-electron chi connectivity index (χ1n) is 7.20. The lowest BCUT2D eigenvalue weighted by atomic mass is 10.0. The summed E-state index contributed by atoms with van der Waals surface area (Å²) in [6.45, 7) is 8.55. The number of nitrogens with one attached hydrogen (secondary N) is 2. The van der Waals surface area contributed by atoms with E-state index in [4.69, 9.17) is 4.74 Å². The molecule has 21 heavy (non-hydrogen) atoms. The van der Waals surface area contributed by atoms with Gasteiger partial charge in [0.2, 0.25) is 0 Å². The molecule has 0 saturated carbocycles. The van der Waals surface area contributed by atoms with Crippen molar-refractivity contribution in [1.82, 2.24) is 10.6 Å². The molecule has 1 unspecified atom stereocenters. The molecule has 1 amide bonds. The predicted octanol–water partition coefficient (Wildman–Crippen LogP) is 3.24. The predicted molar refractivity (Wildman–Crippen MR) is 89.5 cm³/mol. The summed E-state index contributed by atoms with van der Waals surface area (Å²) in [6.07, 6.45) is 0.343. The molecule has 118 valence electrons. The molecule has 2 N–H and O–H groups in total. The van der Waals surface area contributed by atoms with E-state index in [1.165, 1.54) is 0 Å². The van der Waals surface area contributed by atoms with Crippen LogP contribution < -0.4 is 15.4 Å². The van der Waals surface area contributed by atoms with Gasteiger partial charge in [0.1, 0.15) is 5.75 Å². The van der Waals surface area contributed by atoms with Gasteiger partial charge in [0, 0.05) is 16.6 Å². The Hall–Kier alpha value is -1.07. The minimum atomic E-state index is -0.528. The van der Waals surface area contributed by atoms with Crippen LogP contribution in [0.5, 0.6) is 5.75 Å². The molecule has 4 nitrogen and oxygen atoms in total. The summed E-state index contributed by atoms with van der Waals surface area (Å²) in [6, 6.07) is 5.73. The number of halogens is 1. The average molecular weight is 357 g/mol. The van der Waals surface area contributed by atoms with E-state index in [0.29, 0.717) is 5.75 Å². The Morgan fingerprint density at radius 1 is 1.43 bits per heavy atom. The first-order valence-corrected chi connectivity index (χ1v) is 8.00. The lowest BCUT2D eigenvalue weighted by molar-refractivity contribution is -0.128. The van der Waals surface area contributed by atoms with Crippen molar-refractivity contribution in [3.63, 3.8) is 0 Å². The number of carbonyl (C=O) groups is 1. The van der Waals surface area contributed by atoms with Gasteiger partial charge in [-0.05, 0) is 58.0 Å². The quantitative estimate of drug-likeness (QED) is 0.788. The summed E-state index contributed by atoms with van der Waals surface area (Å²) in [5.74, 6) is 0.598. The highest BCUT2D eigenvalue weighted by atomic mass is 79.9. The number of benzene rings is 1. The molecule has 5 heteroatoms. The van der Waals surface area contributed by atoms with Crippen molar-refractivity contribution in [2.45, 2.75) is 52.3 Å². The highest BCUT2D eigenvalue weighted by Gasteiger charge is 2.23. The minimum absolute atomic E-state index is 0.0973. The standard InChI is InChI=1S/C16H25BrN2O2/c1-6-16(3,4)19-15(20)11(2)21-13-7-8-14(17)12(9-13)10-18-5/h7-9,11,18H,6,10H2,1-5H3,(H,19,20). The largest absolute Gasteiger partial charge is 0.481 e. The molecule has 1 aromatic rings. The number of carbonyl (C=O) groups excluding carboxylic acids is 1. The SMILES string of the molecule is CCC(C)(C)NC(=O)C(C)Oc1ccc(Br)c(CNC)c1. The monoisotopic (exact) mass is 356 g/mol. The Balaban J connectivity index is 2.72. The van der Waals surface area contributed by atoms with Gasteiger partial charge in [-0.15, -0.1) is 0 Å². The lowest BCUT2D eigenvalue weighted by Crippen LogP contribution is -2.48. The van der Waals surface area contributed by atoms with E-state index in [0.717, 1.165) is 23.0 Å². The molecular weight excluding hydrogens is 332 g/mol. The molecule has 0 aromatic heterocycles. The van der Waals surface area contributed by atoms with Gasteiger partial charge >= 0.3 is 0 Å². The topological polar surface area (TPSA) is 50.4 Å². The van der Waals surface area contributed by atoms with E-state index in [-0.39, 0.29) is 11.4 Å². The van der Waals surface area contributed by atoms with Crippen molar-refractivity contribution in [2.75, 3.05) is 7.05 Å². The molecule has 1 atom stereocenters. The van der Waals surface area contributed by atoms with E-state index < -0.39 is 6.10 Å². The highest BCUT2D eigenvalue weighted by molar-refractivity contribution is 9.10. The molecule has 0 bridgehead atoms. The molecule has 0 aliphatic rings. The van der Waals surface area contributed by atoms with E-state index in [1.54, 1.807) is 6.92 Å². The van der Waals surface area contributed by atoms with Crippen LogP contribution in [0.1, 0.15) is 39.7 Å². The normalized spacial score (nSPS) is 12.9. The second-order valence-corrected chi connectivity index (χ2v) is 6.62. The summed E-state index contributed by atoms with van der Waals surface area (Å²) in [4.78, 5) is 12.1. The third-order valence-electron chi connectivity index (χ3n) is 3.41. The van der Waals surface area contributed by atoms with Crippen molar-refractivity contribution in [3.05, 3.63) is 28.2 Å². The van der Waals surface area contributed by atoms with Crippen LogP contribution in [0, 0.1) is 0 Å². The van der Waals surface area contributed by atoms with Crippen LogP contribution in [0.3, 0.4) is 0 Å². The Morgan fingerprint density at radius 3 is 2.67 bits per heavy atom. The van der Waals surface area contributed by atoms with Crippen molar-refractivity contribution in [1.29, 1.82) is 0 Å². The summed E-state index contributed by atoms with van der Waals surface area (Å²) in [7, 11) is 1.89. The number of amides is 1. The van der Waals surface area contributed by atoms with Crippen molar-refractivity contribution in [3.8, 4) is 5.75 Å². The maximum Gasteiger partial charge on any atom is 0.261 e. The number of rotatable bonds is 7. The third-order valence-corrected chi connectivity index (χ3v) is 4.19. The molecule has 0 fully saturated rings. The molecular formula is C16H25BrN2O2.